The van der Waals surface area contributed by atoms with Crippen LogP contribution in [0, 0.1) is 0 Å². The minimum absolute atomic E-state index is 0.0634. The Morgan fingerprint density at radius 3 is 2.49 bits per heavy atom. The molecule has 212 valence electrons. The fraction of sp³-hybridized carbons (Fsp3) is 0.391. The van der Waals surface area contributed by atoms with Gasteiger partial charge in [-0.2, -0.15) is 13.2 Å². The van der Waals surface area contributed by atoms with Gasteiger partial charge in [-0.3, -0.25) is 4.72 Å². The third-order valence-electron chi connectivity index (χ3n) is 5.06. The summed E-state index contributed by atoms with van der Waals surface area (Å²) in [6.45, 7) is 7.61. The highest BCUT2D eigenvalue weighted by atomic mass is 35.5. The molecular formula is C23H27ClF3N7O4S. The number of carbonyl (C=O) groups is 1. The number of nitrogens with zero attached hydrogens (tertiary/aromatic N) is 3. The van der Waals surface area contributed by atoms with Crippen LogP contribution in [0.4, 0.5) is 29.6 Å². The first kappa shape index (κ1) is 30.0. The first-order valence-electron chi connectivity index (χ1n) is 11.5. The number of carboxylic acid groups (broad SMARTS) is 1. The van der Waals surface area contributed by atoms with Crippen molar-refractivity contribution >= 4 is 39.4 Å². The number of aromatic amines is 1. The van der Waals surface area contributed by atoms with Gasteiger partial charge in [0.1, 0.15) is 5.82 Å². The number of H-pyrrole nitrogens is 1. The number of anilines is 2. The standard InChI is InChI=1S/C23H27ClF3N7O4S/c1-12(30-21(35)36)10-29-20-28-6-5-16(31-20)18-17(32-19(33-18)22(2,3)4)13-7-14(24)9-15(8-13)34-39(37,38)11-23(25,26)27/h5-9,12,30,34H,10-11H2,1-4H3,(H,32,33)(H,35,36)(H,28,29,31). The second-order valence-electron chi connectivity index (χ2n) is 9.76. The van der Waals surface area contributed by atoms with Gasteiger partial charge in [0.15, 0.2) is 5.75 Å². The molecule has 0 spiro atoms. The highest BCUT2D eigenvalue weighted by molar-refractivity contribution is 7.92. The summed E-state index contributed by atoms with van der Waals surface area (Å²) < 4.78 is 64.2. The van der Waals surface area contributed by atoms with Crippen molar-refractivity contribution in [1.29, 1.82) is 0 Å². The molecule has 0 bridgehead atoms. The van der Waals surface area contributed by atoms with E-state index in [1.54, 1.807) is 13.0 Å². The van der Waals surface area contributed by atoms with Crippen LogP contribution >= 0.6 is 11.6 Å². The monoisotopic (exact) mass is 589 g/mol. The Kier molecular flexibility index (Phi) is 8.65. The molecule has 2 heterocycles. The molecule has 0 radical (unpaired) electrons. The van der Waals surface area contributed by atoms with E-state index >= 15 is 0 Å². The highest BCUT2D eigenvalue weighted by Crippen LogP contribution is 2.35. The van der Waals surface area contributed by atoms with Gasteiger partial charge in [-0.25, -0.2) is 28.2 Å². The summed E-state index contributed by atoms with van der Waals surface area (Å²) in [5.74, 6) is -1.30. The van der Waals surface area contributed by atoms with Crippen LogP contribution in [0.15, 0.2) is 30.5 Å². The highest BCUT2D eigenvalue weighted by Gasteiger charge is 2.35. The number of hydrogen-bond acceptors (Lipinski definition) is 7. The SMILES string of the molecule is CC(CNc1nccc(-c2[nH]c(C(C)(C)C)nc2-c2cc(Cl)cc(NS(=O)(=O)CC(F)(F)F)c2)n1)NC(=O)O. The predicted octanol–water partition coefficient (Wildman–Crippen LogP) is 4.86. The summed E-state index contributed by atoms with van der Waals surface area (Å²) >= 11 is 6.21. The van der Waals surface area contributed by atoms with Gasteiger partial charge in [0.05, 0.1) is 22.8 Å². The van der Waals surface area contributed by atoms with Gasteiger partial charge in [0.25, 0.3) is 0 Å². The van der Waals surface area contributed by atoms with Crippen LogP contribution in [0.25, 0.3) is 22.6 Å². The Labute approximate surface area is 227 Å². The van der Waals surface area contributed by atoms with E-state index < -0.39 is 39.5 Å². The summed E-state index contributed by atoms with van der Waals surface area (Å²) in [6, 6.07) is 5.18. The Balaban J connectivity index is 2.03. The second kappa shape index (κ2) is 11.3. The van der Waals surface area contributed by atoms with Crippen molar-refractivity contribution < 1.29 is 31.5 Å². The topological polar surface area (TPSA) is 162 Å². The van der Waals surface area contributed by atoms with Gasteiger partial charge in [0.2, 0.25) is 16.0 Å². The summed E-state index contributed by atoms with van der Waals surface area (Å²) in [5.41, 5.74) is 0.843. The fourth-order valence-corrected chi connectivity index (χ4v) is 4.64. The Hall–Kier alpha value is -3.59. The number of aromatic nitrogens is 4. The maximum atomic E-state index is 12.7. The van der Waals surface area contributed by atoms with E-state index in [0.29, 0.717) is 28.5 Å². The van der Waals surface area contributed by atoms with Crippen LogP contribution in [-0.4, -0.2) is 64.1 Å². The Morgan fingerprint density at radius 1 is 1.18 bits per heavy atom. The lowest BCUT2D eigenvalue weighted by atomic mass is 9.96. The van der Waals surface area contributed by atoms with Gasteiger partial charge in [0, 0.05) is 34.8 Å². The molecule has 0 aliphatic heterocycles. The van der Waals surface area contributed by atoms with Crippen LogP contribution in [0.3, 0.4) is 0 Å². The lowest BCUT2D eigenvalue weighted by molar-refractivity contribution is -0.106. The number of sulfonamides is 1. The molecule has 1 aromatic carbocycles. The van der Waals surface area contributed by atoms with Crippen LogP contribution < -0.4 is 15.4 Å². The zero-order valence-electron chi connectivity index (χ0n) is 21.3. The van der Waals surface area contributed by atoms with E-state index in [4.69, 9.17) is 16.7 Å². The van der Waals surface area contributed by atoms with Gasteiger partial charge < -0.3 is 20.7 Å². The number of imidazole rings is 1. The van der Waals surface area contributed by atoms with Gasteiger partial charge in [-0.15, -0.1) is 0 Å². The van der Waals surface area contributed by atoms with Crippen LogP contribution in [0.5, 0.6) is 0 Å². The number of amides is 1. The molecule has 2 aromatic heterocycles. The smallest absolute Gasteiger partial charge is 0.404 e. The summed E-state index contributed by atoms with van der Waals surface area (Å²) in [6.07, 6.45) is -4.61. The van der Waals surface area contributed by atoms with E-state index in [9.17, 15) is 26.4 Å². The van der Waals surface area contributed by atoms with Crippen molar-refractivity contribution in [1.82, 2.24) is 25.3 Å². The predicted molar refractivity (Wildman–Crippen MR) is 141 cm³/mol. The Morgan fingerprint density at radius 2 is 1.87 bits per heavy atom. The van der Waals surface area contributed by atoms with Crippen molar-refractivity contribution in [3.63, 3.8) is 0 Å². The molecule has 1 atom stereocenters. The molecule has 39 heavy (non-hydrogen) atoms. The van der Waals surface area contributed by atoms with E-state index in [1.807, 2.05) is 25.5 Å². The first-order valence-corrected chi connectivity index (χ1v) is 13.5. The third kappa shape index (κ3) is 8.71. The number of nitrogens with one attached hydrogen (secondary N) is 4. The maximum Gasteiger partial charge on any atom is 0.404 e. The van der Waals surface area contributed by atoms with E-state index in [0.717, 1.165) is 0 Å². The van der Waals surface area contributed by atoms with E-state index in [-0.39, 0.29) is 23.2 Å². The van der Waals surface area contributed by atoms with Gasteiger partial charge in [-0.05, 0) is 31.2 Å². The van der Waals surface area contributed by atoms with Crippen molar-refractivity contribution in [2.45, 2.75) is 45.3 Å². The summed E-state index contributed by atoms with van der Waals surface area (Å²) in [4.78, 5) is 27.4. The largest absolute Gasteiger partial charge is 0.465 e. The van der Waals surface area contributed by atoms with Crippen molar-refractivity contribution in [3.05, 3.63) is 41.3 Å². The average molecular weight is 590 g/mol. The second-order valence-corrected chi connectivity index (χ2v) is 11.9. The molecule has 1 unspecified atom stereocenters. The average Bonchev–Trinajstić information content (AvgIpc) is 3.21. The molecule has 0 aliphatic carbocycles. The molecule has 11 nitrogen and oxygen atoms in total. The number of benzene rings is 1. The zero-order chi connectivity index (χ0) is 29.2. The minimum atomic E-state index is -4.93. The lowest BCUT2D eigenvalue weighted by Crippen LogP contribution is -2.36. The zero-order valence-corrected chi connectivity index (χ0v) is 22.9. The number of alkyl halides is 3. The molecule has 0 aliphatic rings. The molecule has 16 heteroatoms. The number of hydrogen-bond donors (Lipinski definition) is 5. The van der Waals surface area contributed by atoms with E-state index in [2.05, 4.69) is 30.6 Å². The Bertz CT molecular complexity index is 1460. The third-order valence-corrected chi connectivity index (χ3v) is 6.53. The maximum absolute atomic E-state index is 12.7. The molecule has 0 saturated heterocycles. The van der Waals surface area contributed by atoms with Crippen molar-refractivity contribution in [2.75, 3.05) is 22.3 Å². The molecule has 1 amide bonds. The summed E-state index contributed by atoms with van der Waals surface area (Å²) in [7, 11) is -4.75. The van der Waals surface area contributed by atoms with Crippen LogP contribution in [-0.2, 0) is 15.4 Å². The molecule has 3 aromatic rings. The fourth-order valence-electron chi connectivity index (χ4n) is 3.43. The number of halogens is 4. The normalized spacial score (nSPS) is 13.1. The molecular weight excluding hydrogens is 563 g/mol. The van der Waals surface area contributed by atoms with Crippen molar-refractivity contribution in [2.24, 2.45) is 0 Å². The number of rotatable bonds is 9. The summed E-state index contributed by atoms with van der Waals surface area (Å²) in [5, 5.41) is 14.2. The quantitative estimate of drug-likeness (QED) is 0.236. The van der Waals surface area contributed by atoms with Crippen LogP contribution in [0.1, 0.15) is 33.5 Å². The van der Waals surface area contributed by atoms with Gasteiger partial charge >= 0.3 is 12.3 Å². The molecule has 3 rings (SSSR count). The first-order chi connectivity index (χ1) is 17.9. The van der Waals surface area contributed by atoms with Crippen molar-refractivity contribution in [3.8, 4) is 22.6 Å². The molecule has 0 fully saturated rings. The molecule has 0 saturated carbocycles. The van der Waals surface area contributed by atoms with E-state index in [1.165, 1.54) is 24.4 Å². The lowest BCUT2D eigenvalue weighted by Gasteiger charge is -2.14. The van der Waals surface area contributed by atoms with Crippen LogP contribution in [0.2, 0.25) is 5.02 Å². The minimum Gasteiger partial charge on any atom is -0.465 e. The van der Waals surface area contributed by atoms with Gasteiger partial charge in [-0.1, -0.05) is 32.4 Å². The molecule has 5 N–H and O–H groups in total.